The molecule has 0 bridgehead atoms. The van der Waals surface area contributed by atoms with E-state index in [9.17, 15) is 4.79 Å². The normalized spacial score (nSPS) is 13.9. The topological polar surface area (TPSA) is 79.9 Å². The first-order valence-corrected chi connectivity index (χ1v) is 11.1. The summed E-state index contributed by atoms with van der Waals surface area (Å²) in [5, 5.41) is 7.64. The zero-order valence-electron chi connectivity index (χ0n) is 21.5. The highest BCUT2D eigenvalue weighted by atomic mass is 16.1. The van der Waals surface area contributed by atoms with E-state index in [1.165, 1.54) is 11.1 Å². The quantitative estimate of drug-likeness (QED) is 0.512. The van der Waals surface area contributed by atoms with Crippen LogP contribution in [0.4, 0.5) is 0 Å². The number of aryl methyl sites for hydroxylation is 4. The van der Waals surface area contributed by atoms with Gasteiger partial charge in [-0.1, -0.05) is 0 Å². The van der Waals surface area contributed by atoms with Gasteiger partial charge in [-0.3, -0.25) is 19.8 Å². The van der Waals surface area contributed by atoms with E-state index < -0.39 is 0 Å². The van der Waals surface area contributed by atoms with Gasteiger partial charge in [0.05, 0.1) is 0 Å². The average Bonchev–Trinajstić information content (AvgIpc) is 3.26. The first kappa shape index (κ1) is 27.8. The molecule has 0 amide bonds. The second-order valence-electron chi connectivity index (χ2n) is 8.51. The van der Waals surface area contributed by atoms with Crippen LogP contribution in [-0.2, 0) is 4.79 Å². The van der Waals surface area contributed by atoms with Crippen molar-refractivity contribution in [2.75, 3.05) is 0 Å². The van der Waals surface area contributed by atoms with E-state index in [2.05, 4.69) is 51.1 Å². The maximum absolute atomic E-state index is 10.8. The number of aliphatic imine (C=N–C) groups is 1. The fraction of sp³-hybridized carbons (Fsp3) is 0.407. The molecule has 4 rings (SSSR count). The Morgan fingerprint density at radius 1 is 0.697 bits per heavy atom. The fourth-order valence-corrected chi connectivity index (χ4v) is 3.16. The lowest BCUT2D eigenvalue weighted by Crippen LogP contribution is -1.92. The molecule has 2 aromatic rings. The van der Waals surface area contributed by atoms with Crippen molar-refractivity contribution in [1.29, 1.82) is 0 Å². The number of rotatable bonds is 1. The molecule has 0 radical (unpaired) electrons. The van der Waals surface area contributed by atoms with Gasteiger partial charge in [0.15, 0.2) is 5.78 Å². The molecule has 6 heteroatoms. The van der Waals surface area contributed by atoms with Gasteiger partial charge in [0.2, 0.25) is 0 Å². The Bertz CT molecular complexity index is 983. The Morgan fingerprint density at radius 3 is 1.33 bits per heavy atom. The summed E-state index contributed by atoms with van der Waals surface area (Å²) in [6.07, 6.45) is 5.49. The number of Topliss-reactive ketones (excluding diaryl/α,β-unsaturated/α-hetero) is 1. The Labute approximate surface area is 198 Å². The summed E-state index contributed by atoms with van der Waals surface area (Å²) in [7, 11) is 0. The van der Waals surface area contributed by atoms with Crippen molar-refractivity contribution in [3.63, 3.8) is 0 Å². The van der Waals surface area contributed by atoms with E-state index in [0.29, 0.717) is 5.70 Å². The van der Waals surface area contributed by atoms with Gasteiger partial charge in [0.1, 0.15) is 5.70 Å². The molecule has 2 aliphatic heterocycles. The maximum Gasteiger partial charge on any atom is 0.178 e. The van der Waals surface area contributed by atoms with Gasteiger partial charge < -0.3 is 0 Å². The van der Waals surface area contributed by atoms with Gasteiger partial charge in [0.25, 0.3) is 0 Å². The number of hydrogen-bond acceptors (Lipinski definition) is 6. The van der Waals surface area contributed by atoms with E-state index in [-0.39, 0.29) is 5.78 Å². The van der Waals surface area contributed by atoms with Gasteiger partial charge in [-0.2, -0.15) is 10.2 Å². The van der Waals surface area contributed by atoms with Crippen LogP contribution < -0.4 is 0 Å². The number of hydrogen-bond donors (Lipinski definition) is 0. The van der Waals surface area contributed by atoms with Gasteiger partial charge in [-0.05, 0) is 96.4 Å². The third kappa shape index (κ3) is 11.8. The third-order valence-corrected chi connectivity index (χ3v) is 4.57. The van der Waals surface area contributed by atoms with Crippen LogP contribution in [0.1, 0.15) is 70.0 Å². The van der Waals surface area contributed by atoms with Crippen molar-refractivity contribution < 1.29 is 4.79 Å². The molecule has 0 saturated carbocycles. The van der Waals surface area contributed by atoms with Crippen LogP contribution >= 0.6 is 0 Å². The smallest absolute Gasteiger partial charge is 0.178 e. The molecule has 0 fully saturated rings. The molecule has 0 unspecified atom stereocenters. The lowest BCUT2D eigenvalue weighted by atomic mass is 10.1. The molecule has 2 aliphatic rings. The predicted octanol–water partition coefficient (Wildman–Crippen LogP) is 6.34. The lowest BCUT2D eigenvalue weighted by Gasteiger charge is -1.91. The number of carbonyl (C=O) groups excluding carboxylic acids is 1. The molecule has 176 valence electrons. The number of allylic oxidation sites excluding steroid dienone is 2. The van der Waals surface area contributed by atoms with Crippen LogP contribution in [0.25, 0.3) is 0 Å². The molecular formula is C27H37N5O. The summed E-state index contributed by atoms with van der Waals surface area (Å²) in [6.45, 7) is 17.5. The average molecular weight is 448 g/mol. The highest BCUT2D eigenvalue weighted by Crippen LogP contribution is 2.19. The zero-order chi connectivity index (χ0) is 25.0. The summed E-state index contributed by atoms with van der Waals surface area (Å²) < 4.78 is 0. The molecule has 0 atom stereocenters. The largest absolute Gasteiger partial charge is 0.293 e. The first-order valence-electron chi connectivity index (χ1n) is 11.1. The Kier molecular flexibility index (Phi) is 11.8. The second kappa shape index (κ2) is 14.0. The molecule has 0 saturated heterocycles. The highest BCUT2D eigenvalue weighted by molar-refractivity contribution is 6.05. The van der Waals surface area contributed by atoms with Gasteiger partial charge >= 0.3 is 0 Å². The van der Waals surface area contributed by atoms with E-state index in [0.717, 1.165) is 46.9 Å². The summed E-state index contributed by atoms with van der Waals surface area (Å²) in [4.78, 5) is 23.0. The minimum atomic E-state index is 0.0781. The van der Waals surface area contributed by atoms with Crippen LogP contribution in [0.15, 0.2) is 63.1 Å². The van der Waals surface area contributed by atoms with E-state index >= 15 is 0 Å². The Balaban J connectivity index is 0.000000222. The van der Waals surface area contributed by atoms with Crippen molar-refractivity contribution in [3.8, 4) is 0 Å². The maximum atomic E-state index is 10.8. The van der Waals surface area contributed by atoms with Crippen LogP contribution in [-0.4, -0.2) is 32.9 Å². The monoisotopic (exact) mass is 447 g/mol. The Hall–Kier alpha value is -3.28. The number of carbonyl (C=O) groups is 1. The minimum Gasteiger partial charge on any atom is -0.293 e. The standard InChI is InChI=1S/C8H11NO.2C7H9N.C5H8N2/c1-5-4-6(2)9-8(5)7(3)10;2*1-6-3-4-8-7(2)5-6;1-4-3-5(2)7-6-4/h4H2,1-3H3;2*3-5H,1-2H3;3H2,1-2H3. The molecule has 0 aliphatic carbocycles. The number of ketones is 1. The summed E-state index contributed by atoms with van der Waals surface area (Å²) >= 11 is 0. The fourth-order valence-electron chi connectivity index (χ4n) is 3.16. The molecule has 6 nitrogen and oxygen atoms in total. The zero-order valence-corrected chi connectivity index (χ0v) is 21.5. The summed E-state index contributed by atoms with van der Waals surface area (Å²) in [5.74, 6) is 0.0781. The van der Waals surface area contributed by atoms with Gasteiger partial charge in [-0.15, -0.1) is 0 Å². The second-order valence-corrected chi connectivity index (χ2v) is 8.51. The van der Waals surface area contributed by atoms with Crippen molar-refractivity contribution in [1.82, 2.24) is 9.97 Å². The van der Waals surface area contributed by atoms with Crippen molar-refractivity contribution in [3.05, 3.63) is 70.4 Å². The van der Waals surface area contributed by atoms with E-state index in [1.807, 2.05) is 66.1 Å². The number of nitrogens with zero attached hydrogens (tertiary/aromatic N) is 5. The molecule has 0 spiro atoms. The highest BCUT2D eigenvalue weighted by Gasteiger charge is 2.13. The lowest BCUT2D eigenvalue weighted by molar-refractivity contribution is -0.113. The van der Waals surface area contributed by atoms with Crippen LogP contribution in [0.3, 0.4) is 0 Å². The molecule has 0 N–H and O–H groups in total. The molecule has 4 heterocycles. The summed E-state index contributed by atoms with van der Waals surface area (Å²) in [6, 6.07) is 8.10. The van der Waals surface area contributed by atoms with E-state index in [1.54, 1.807) is 6.92 Å². The first-order chi connectivity index (χ1) is 15.5. The molecule has 2 aromatic heterocycles. The van der Waals surface area contributed by atoms with Crippen LogP contribution in [0, 0.1) is 27.7 Å². The van der Waals surface area contributed by atoms with Crippen molar-refractivity contribution in [2.24, 2.45) is 15.2 Å². The number of aromatic nitrogens is 2. The SMILES string of the molecule is CC(=O)C1=C(C)CC(C)=N1.CC1=NN=C(C)C1.Cc1ccnc(C)c1.Cc1ccnc(C)c1. The van der Waals surface area contributed by atoms with Crippen molar-refractivity contribution in [2.45, 2.75) is 75.2 Å². The predicted molar refractivity (Wildman–Crippen MR) is 139 cm³/mol. The van der Waals surface area contributed by atoms with Crippen molar-refractivity contribution >= 4 is 22.9 Å². The molecule has 0 aromatic carbocycles. The third-order valence-electron chi connectivity index (χ3n) is 4.57. The molecular weight excluding hydrogens is 410 g/mol. The number of pyridine rings is 2. The minimum absolute atomic E-state index is 0.0781. The van der Waals surface area contributed by atoms with Crippen LogP contribution in [0.5, 0.6) is 0 Å². The van der Waals surface area contributed by atoms with E-state index in [4.69, 9.17) is 0 Å². The van der Waals surface area contributed by atoms with Gasteiger partial charge in [0, 0.05) is 60.7 Å². The Morgan fingerprint density at radius 2 is 1.15 bits per heavy atom. The summed E-state index contributed by atoms with van der Waals surface area (Å²) in [5.41, 5.74) is 9.78. The van der Waals surface area contributed by atoms with Crippen LogP contribution in [0.2, 0.25) is 0 Å². The van der Waals surface area contributed by atoms with Gasteiger partial charge in [-0.25, -0.2) is 0 Å². The molecule has 33 heavy (non-hydrogen) atoms.